The van der Waals surface area contributed by atoms with Crippen LogP contribution >= 0.6 is 0 Å². The Morgan fingerprint density at radius 1 is 1.11 bits per heavy atom. The third kappa shape index (κ3) is 5.49. The lowest BCUT2D eigenvalue weighted by atomic mass is 9.78. The lowest BCUT2D eigenvalue weighted by Crippen LogP contribution is -2.52. The summed E-state index contributed by atoms with van der Waals surface area (Å²) in [5.41, 5.74) is 1.06. The highest BCUT2D eigenvalue weighted by Crippen LogP contribution is 2.44. The number of hydrogen-bond donors (Lipinski definition) is 2. The van der Waals surface area contributed by atoms with Crippen molar-refractivity contribution < 1.29 is 14.3 Å². The molecule has 5 nitrogen and oxygen atoms in total. The van der Waals surface area contributed by atoms with Crippen LogP contribution in [-0.4, -0.2) is 31.5 Å². The number of carbonyl (C=O) groups is 2. The van der Waals surface area contributed by atoms with Crippen LogP contribution in [0.5, 0.6) is 5.75 Å². The van der Waals surface area contributed by atoms with Crippen molar-refractivity contribution in [2.45, 2.75) is 71.3 Å². The summed E-state index contributed by atoms with van der Waals surface area (Å²) >= 11 is 0. The predicted octanol–water partition coefficient (Wildman–Crippen LogP) is 3.81. The molecule has 0 aliphatic heterocycles. The molecule has 2 N–H and O–H groups in total. The lowest BCUT2D eigenvalue weighted by Gasteiger charge is -2.32. The molecule has 0 bridgehead atoms. The minimum Gasteiger partial charge on any atom is -0.496 e. The molecule has 1 atom stereocenters. The van der Waals surface area contributed by atoms with Crippen LogP contribution in [0.4, 0.5) is 0 Å². The summed E-state index contributed by atoms with van der Waals surface area (Å²) in [6, 6.07) is 7.59. The molecule has 1 aromatic carbocycles. The van der Waals surface area contributed by atoms with Crippen LogP contribution in [0.15, 0.2) is 24.3 Å². The molecule has 1 saturated carbocycles. The number of nitrogens with one attached hydrogen (secondary N) is 2. The highest BCUT2D eigenvalue weighted by atomic mass is 16.5. The van der Waals surface area contributed by atoms with Gasteiger partial charge in [0.15, 0.2) is 0 Å². The first-order chi connectivity index (χ1) is 13.3. The van der Waals surface area contributed by atoms with Crippen LogP contribution in [0, 0.1) is 11.8 Å². The van der Waals surface area contributed by atoms with Crippen molar-refractivity contribution in [3.05, 3.63) is 29.8 Å². The Hall–Kier alpha value is -2.04. The molecule has 0 spiro atoms. The number of amides is 2. The molecule has 1 aromatic rings. The van der Waals surface area contributed by atoms with Crippen molar-refractivity contribution in [1.29, 1.82) is 0 Å². The van der Waals surface area contributed by atoms with Gasteiger partial charge in [-0.2, -0.15) is 0 Å². The molecule has 28 heavy (non-hydrogen) atoms. The van der Waals surface area contributed by atoms with Gasteiger partial charge in [-0.25, -0.2) is 0 Å². The van der Waals surface area contributed by atoms with Gasteiger partial charge in [0, 0.05) is 23.9 Å². The Morgan fingerprint density at radius 2 is 1.75 bits per heavy atom. The third-order valence-corrected chi connectivity index (χ3v) is 5.70. The van der Waals surface area contributed by atoms with Gasteiger partial charge in [-0.3, -0.25) is 9.59 Å². The fraction of sp³-hybridized carbons (Fsp3) is 0.652. The third-order valence-electron chi connectivity index (χ3n) is 5.70. The lowest BCUT2D eigenvalue weighted by molar-refractivity contribution is -0.130. The van der Waals surface area contributed by atoms with Crippen LogP contribution in [-0.2, 0) is 15.0 Å². The van der Waals surface area contributed by atoms with E-state index in [2.05, 4.69) is 16.7 Å². The topological polar surface area (TPSA) is 67.4 Å². The van der Waals surface area contributed by atoms with E-state index < -0.39 is 6.04 Å². The summed E-state index contributed by atoms with van der Waals surface area (Å²) in [5, 5.41) is 6.07. The van der Waals surface area contributed by atoms with Gasteiger partial charge < -0.3 is 15.4 Å². The molecular formula is C23H36N2O3. The van der Waals surface area contributed by atoms with Gasteiger partial charge in [0.1, 0.15) is 11.8 Å². The molecule has 0 heterocycles. The molecule has 1 unspecified atom stereocenters. The first-order valence-corrected chi connectivity index (χ1v) is 10.5. The van der Waals surface area contributed by atoms with Crippen LogP contribution in [0.25, 0.3) is 0 Å². The summed E-state index contributed by atoms with van der Waals surface area (Å²) in [7, 11) is 1.69. The van der Waals surface area contributed by atoms with E-state index in [9.17, 15) is 9.59 Å². The van der Waals surface area contributed by atoms with Gasteiger partial charge in [0.25, 0.3) is 0 Å². The van der Waals surface area contributed by atoms with E-state index in [0.29, 0.717) is 13.0 Å². The summed E-state index contributed by atoms with van der Waals surface area (Å²) < 4.78 is 5.60. The second-order valence-electron chi connectivity index (χ2n) is 8.79. The molecule has 1 fully saturated rings. The van der Waals surface area contributed by atoms with E-state index in [-0.39, 0.29) is 29.1 Å². The van der Waals surface area contributed by atoms with Crippen molar-refractivity contribution in [3.63, 3.8) is 0 Å². The Bertz CT molecular complexity index is 664. The molecular weight excluding hydrogens is 352 g/mol. The smallest absolute Gasteiger partial charge is 0.242 e. The molecule has 0 radical (unpaired) electrons. The van der Waals surface area contributed by atoms with Gasteiger partial charge in [-0.05, 0) is 30.7 Å². The van der Waals surface area contributed by atoms with Crippen LogP contribution < -0.4 is 15.4 Å². The maximum absolute atomic E-state index is 12.9. The second kappa shape index (κ2) is 9.94. The SMILES string of the molecule is COc1ccccc1C1(CNC(=O)C(NC(=O)CC(C)C)C(C)C)CCCC1. The van der Waals surface area contributed by atoms with Gasteiger partial charge >= 0.3 is 0 Å². The molecule has 156 valence electrons. The number of ether oxygens (including phenoxy) is 1. The number of hydrogen-bond acceptors (Lipinski definition) is 3. The van der Waals surface area contributed by atoms with Crippen molar-refractivity contribution in [1.82, 2.24) is 10.6 Å². The number of carbonyl (C=O) groups excluding carboxylic acids is 2. The first kappa shape index (κ1) is 22.3. The summed E-state index contributed by atoms with van der Waals surface area (Å²) in [6.07, 6.45) is 4.78. The van der Waals surface area contributed by atoms with Gasteiger partial charge in [0.05, 0.1) is 7.11 Å². The van der Waals surface area contributed by atoms with Crippen LogP contribution in [0.1, 0.15) is 65.4 Å². The van der Waals surface area contributed by atoms with E-state index in [1.54, 1.807) is 7.11 Å². The number of rotatable bonds is 9. The molecule has 1 aliphatic carbocycles. The van der Waals surface area contributed by atoms with E-state index in [1.807, 2.05) is 45.9 Å². The maximum Gasteiger partial charge on any atom is 0.242 e. The molecule has 2 amide bonds. The summed E-state index contributed by atoms with van der Waals surface area (Å²) in [4.78, 5) is 25.1. The zero-order chi connectivity index (χ0) is 20.7. The van der Waals surface area contributed by atoms with E-state index in [1.165, 1.54) is 5.56 Å². The molecule has 5 heteroatoms. The van der Waals surface area contributed by atoms with Crippen molar-refractivity contribution in [2.75, 3.05) is 13.7 Å². The Balaban J connectivity index is 2.11. The Kier molecular flexibility index (Phi) is 7.90. The van der Waals surface area contributed by atoms with Crippen LogP contribution in [0.2, 0.25) is 0 Å². The summed E-state index contributed by atoms with van der Waals surface area (Å²) in [6.45, 7) is 8.49. The standard InChI is InChI=1S/C23H36N2O3/c1-16(2)14-20(26)25-21(17(3)4)22(27)24-15-23(12-8-9-13-23)18-10-6-7-11-19(18)28-5/h6-7,10-11,16-17,21H,8-9,12-15H2,1-5H3,(H,24,27)(H,25,26). The summed E-state index contributed by atoms with van der Waals surface area (Å²) in [5.74, 6) is 1.01. The first-order valence-electron chi connectivity index (χ1n) is 10.5. The van der Waals surface area contributed by atoms with E-state index >= 15 is 0 Å². The normalized spacial score (nSPS) is 16.8. The molecule has 1 aliphatic rings. The fourth-order valence-corrected chi connectivity index (χ4v) is 4.18. The number of methoxy groups -OCH3 is 1. The van der Waals surface area contributed by atoms with Gasteiger partial charge in [0.2, 0.25) is 11.8 Å². The fourth-order valence-electron chi connectivity index (χ4n) is 4.18. The highest BCUT2D eigenvalue weighted by Gasteiger charge is 2.38. The number of benzene rings is 1. The van der Waals surface area contributed by atoms with Crippen molar-refractivity contribution in [2.24, 2.45) is 11.8 Å². The minimum atomic E-state index is -0.512. The van der Waals surface area contributed by atoms with Crippen LogP contribution in [0.3, 0.4) is 0 Å². The Labute approximate surface area is 169 Å². The zero-order valence-electron chi connectivity index (χ0n) is 18.0. The highest BCUT2D eigenvalue weighted by molar-refractivity contribution is 5.88. The molecule has 0 saturated heterocycles. The van der Waals surface area contributed by atoms with E-state index in [0.717, 1.165) is 31.4 Å². The predicted molar refractivity (Wildman–Crippen MR) is 112 cm³/mol. The van der Waals surface area contributed by atoms with E-state index in [4.69, 9.17) is 4.74 Å². The van der Waals surface area contributed by atoms with Gasteiger partial charge in [-0.1, -0.05) is 58.7 Å². The monoisotopic (exact) mass is 388 g/mol. The van der Waals surface area contributed by atoms with Crippen molar-refractivity contribution >= 4 is 11.8 Å². The average Bonchev–Trinajstić information content (AvgIpc) is 3.13. The second-order valence-corrected chi connectivity index (χ2v) is 8.79. The van der Waals surface area contributed by atoms with Gasteiger partial charge in [-0.15, -0.1) is 0 Å². The molecule has 0 aromatic heterocycles. The Morgan fingerprint density at radius 3 is 2.32 bits per heavy atom. The zero-order valence-corrected chi connectivity index (χ0v) is 18.0. The average molecular weight is 389 g/mol. The minimum absolute atomic E-state index is 0.0295. The van der Waals surface area contributed by atoms with Crippen molar-refractivity contribution in [3.8, 4) is 5.75 Å². The number of para-hydroxylation sites is 1. The molecule has 2 rings (SSSR count). The maximum atomic E-state index is 12.9. The quantitative estimate of drug-likeness (QED) is 0.676. The largest absolute Gasteiger partial charge is 0.496 e.